The highest BCUT2D eigenvalue weighted by molar-refractivity contribution is 5.85. The molecule has 0 unspecified atom stereocenters. The molecule has 0 fully saturated rings. The number of unbranched alkanes of at least 4 members (excludes halogenated alkanes) is 20. The Bertz CT molecular complexity index is 1440. The van der Waals surface area contributed by atoms with Crippen molar-refractivity contribution in [3.63, 3.8) is 0 Å². The van der Waals surface area contributed by atoms with Gasteiger partial charge in [-0.05, 0) is 109 Å². The third-order valence-corrected chi connectivity index (χ3v) is 12.9. The van der Waals surface area contributed by atoms with Gasteiger partial charge < -0.3 is 0 Å². The molecule has 0 heteroatoms. The molecule has 1 aliphatic rings. The van der Waals surface area contributed by atoms with Crippen LogP contribution in [0.1, 0.15) is 228 Å². The Balaban J connectivity index is 1.72. The summed E-state index contributed by atoms with van der Waals surface area (Å²) >= 11 is 0. The first-order valence-electron chi connectivity index (χ1n) is 23.4. The van der Waals surface area contributed by atoms with Crippen LogP contribution in [-0.4, -0.2) is 0 Å². The van der Waals surface area contributed by atoms with Gasteiger partial charge in [0.15, 0.2) is 0 Å². The van der Waals surface area contributed by atoms with E-state index >= 15 is 0 Å². The minimum atomic E-state index is 0.133. The van der Waals surface area contributed by atoms with Crippen molar-refractivity contribution in [2.75, 3.05) is 0 Å². The Morgan fingerprint density at radius 3 is 1.34 bits per heavy atom. The lowest BCUT2D eigenvalue weighted by molar-refractivity contribution is 0.398. The minimum Gasteiger partial charge on any atom is -0.0654 e. The van der Waals surface area contributed by atoms with Gasteiger partial charge in [-0.15, -0.1) is 0 Å². The van der Waals surface area contributed by atoms with Crippen molar-refractivity contribution < 1.29 is 0 Å². The summed E-state index contributed by atoms with van der Waals surface area (Å²) < 4.78 is 0. The van der Waals surface area contributed by atoms with Gasteiger partial charge >= 0.3 is 0 Å². The van der Waals surface area contributed by atoms with Crippen LogP contribution in [0.15, 0.2) is 48.5 Å². The Labute approximate surface area is 329 Å². The number of hydrogen-bond acceptors (Lipinski definition) is 0. The van der Waals surface area contributed by atoms with Crippen LogP contribution in [0.4, 0.5) is 0 Å². The molecule has 0 aliphatic heterocycles. The maximum absolute atomic E-state index is 2.72. The summed E-state index contributed by atoms with van der Waals surface area (Å²) in [4.78, 5) is 0. The fourth-order valence-corrected chi connectivity index (χ4v) is 9.60. The Hall–Kier alpha value is -2.34. The lowest BCUT2D eigenvalue weighted by Gasteiger charge is -2.33. The van der Waals surface area contributed by atoms with E-state index in [0.29, 0.717) is 0 Å². The molecule has 0 saturated heterocycles. The van der Waals surface area contributed by atoms with Gasteiger partial charge in [0, 0.05) is 5.41 Å². The van der Waals surface area contributed by atoms with Gasteiger partial charge in [0.1, 0.15) is 0 Å². The predicted octanol–water partition coefficient (Wildman–Crippen LogP) is 17.5. The topological polar surface area (TPSA) is 0 Å². The van der Waals surface area contributed by atoms with Crippen LogP contribution < -0.4 is 0 Å². The highest BCUT2D eigenvalue weighted by Crippen LogP contribution is 2.55. The molecular weight excluding hydrogens is 637 g/mol. The normalized spacial score (nSPS) is 13.1. The van der Waals surface area contributed by atoms with E-state index in [4.69, 9.17) is 0 Å². The molecule has 0 nitrogen and oxygen atoms in total. The lowest BCUT2D eigenvalue weighted by atomic mass is 9.70. The summed E-state index contributed by atoms with van der Waals surface area (Å²) in [6.07, 6.45) is 37.8. The second kappa shape index (κ2) is 24.2. The molecule has 53 heavy (non-hydrogen) atoms. The molecule has 294 valence electrons. The van der Waals surface area contributed by atoms with Gasteiger partial charge in [-0.3, -0.25) is 0 Å². The van der Waals surface area contributed by atoms with Crippen LogP contribution in [0.25, 0.3) is 22.3 Å². The average Bonchev–Trinajstić information content (AvgIpc) is 3.42. The Morgan fingerprint density at radius 1 is 0.377 bits per heavy atom. The number of benzene rings is 3. The molecule has 1 aliphatic carbocycles. The molecule has 0 bridgehead atoms. The van der Waals surface area contributed by atoms with Crippen LogP contribution in [0.2, 0.25) is 0 Å². The number of aryl methyl sites for hydroxylation is 4. The van der Waals surface area contributed by atoms with Crippen molar-refractivity contribution in [2.24, 2.45) is 0 Å². The van der Waals surface area contributed by atoms with Gasteiger partial charge in [0.2, 0.25) is 0 Å². The highest BCUT2D eigenvalue weighted by Gasteiger charge is 2.42. The first-order chi connectivity index (χ1) is 26.0. The van der Waals surface area contributed by atoms with Crippen LogP contribution in [0, 0.1) is 13.8 Å². The van der Waals surface area contributed by atoms with E-state index in [9.17, 15) is 0 Å². The summed E-state index contributed by atoms with van der Waals surface area (Å²) in [5.41, 5.74) is 15.6. The second-order valence-electron chi connectivity index (χ2n) is 17.4. The van der Waals surface area contributed by atoms with Crippen molar-refractivity contribution in [1.29, 1.82) is 0 Å². The second-order valence-corrected chi connectivity index (χ2v) is 17.4. The zero-order valence-electron chi connectivity index (χ0n) is 35.9. The van der Waals surface area contributed by atoms with E-state index in [1.54, 1.807) is 22.3 Å². The van der Waals surface area contributed by atoms with Crippen molar-refractivity contribution >= 4 is 0 Å². The molecular formula is C53H82. The molecule has 3 aromatic carbocycles. The molecule has 0 aromatic heterocycles. The quantitative estimate of drug-likeness (QED) is 0.0627. The molecule has 4 rings (SSSR count). The van der Waals surface area contributed by atoms with E-state index < -0.39 is 0 Å². The Kier molecular flexibility index (Phi) is 19.8. The van der Waals surface area contributed by atoms with Crippen LogP contribution in [-0.2, 0) is 18.3 Å². The van der Waals surface area contributed by atoms with E-state index in [1.165, 1.54) is 213 Å². The maximum atomic E-state index is 2.72. The summed E-state index contributed by atoms with van der Waals surface area (Å²) in [6.45, 7) is 14.0. The molecule has 0 heterocycles. The number of fused-ring (bicyclic) bond motifs is 3. The van der Waals surface area contributed by atoms with Gasteiger partial charge in [-0.25, -0.2) is 0 Å². The minimum absolute atomic E-state index is 0.133. The molecule has 0 saturated carbocycles. The van der Waals surface area contributed by atoms with E-state index in [1.807, 2.05) is 0 Å². The SMILES string of the molecule is CCCCCCCCc1cc(-c2ccc3c(c2)C(CCCCCCCC)(CCCCCCCC)c2cc(C)ccc2-3)c(CCCCCCCC)cc1C. The fourth-order valence-electron chi connectivity index (χ4n) is 9.60. The van der Waals surface area contributed by atoms with E-state index in [0.717, 1.165) is 0 Å². The van der Waals surface area contributed by atoms with Gasteiger partial charge in [-0.2, -0.15) is 0 Å². The smallest absolute Gasteiger partial charge is 0.0215 e. The summed E-state index contributed by atoms with van der Waals surface area (Å²) in [7, 11) is 0. The monoisotopic (exact) mass is 719 g/mol. The van der Waals surface area contributed by atoms with Crippen molar-refractivity contribution in [3.05, 3.63) is 81.9 Å². The Morgan fingerprint density at radius 2 is 0.811 bits per heavy atom. The number of rotatable bonds is 29. The van der Waals surface area contributed by atoms with Crippen LogP contribution in [0.3, 0.4) is 0 Å². The van der Waals surface area contributed by atoms with Gasteiger partial charge in [-0.1, -0.05) is 217 Å². The zero-order valence-corrected chi connectivity index (χ0v) is 35.9. The number of hydrogen-bond donors (Lipinski definition) is 0. The summed E-state index contributed by atoms with van der Waals surface area (Å²) in [6, 6.07) is 20.5. The van der Waals surface area contributed by atoms with Gasteiger partial charge in [0.25, 0.3) is 0 Å². The van der Waals surface area contributed by atoms with Crippen LogP contribution >= 0.6 is 0 Å². The van der Waals surface area contributed by atoms with Crippen molar-refractivity contribution in [3.8, 4) is 22.3 Å². The third kappa shape index (κ3) is 12.9. The van der Waals surface area contributed by atoms with Crippen molar-refractivity contribution in [1.82, 2.24) is 0 Å². The summed E-state index contributed by atoms with van der Waals surface area (Å²) in [5.74, 6) is 0. The molecule has 0 atom stereocenters. The maximum Gasteiger partial charge on any atom is 0.0215 e. The summed E-state index contributed by atoms with van der Waals surface area (Å²) in [5, 5.41) is 0. The standard InChI is InChI=1S/C53H82/c1-7-11-15-19-23-27-31-45-41-50(46(40-44(45)6)32-28-24-20-16-12-8-2)47-34-36-49-48-35-33-43(5)39-51(48)53(52(49)42-47,37-29-25-21-17-13-9-3)38-30-26-22-18-14-10-4/h33-36,39-42H,7-32,37-38H2,1-6H3. The van der Waals surface area contributed by atoms with Gasteiger partial charge in [0.05, 0.1) is 0 Å². The van der Waals surface area contributed by atoms with E-state index in [-0.39, 0.29) is 5.41 Å². The molecule has 0 amide bonds. The molecule has 0 N–H and O–H groups in total. The van der Waals surface area contributed by atoms with E-state index in [2.05, 4.69) is 90.1 Å². The highest BCUT2D eigenvalue weighted by atomic mass is 14.5. The van der Waals surface area contributed by atoms with Crippen molar-refractivity contribution in [2.45, 2.75) is 227 Å². The average molecular weight is 719 g/mol. The first-order valence-corrected chi connectivity index (χ1v) is 23.4. The predicted molar refractivity (Wildman–Crippen MR) is 238 cm³/mol. The molecule has 0 radical (unpaired) electrons. The zero-order chi connectivity index (χ0) is 37.7. The fraction of sp³-hybridized carbons (Fsp3) is 0.660. The third-order valence-electron chi connectivity index (χ3n) is 12.9. The molecule has 3 aromatic rings. The van der Waals surface area contributed by atoms with Crippen LogP contribution in [0.5, 0.6) is 0 Å². The first kappa shape index (κ1) is 43.4. The lowest BCUT2D eigenvalue weighted by Crippen LogP contribution is -2.25. The largest absolute Gasteiger partial charge is 0.0654 e. The molecule has 0 spiro atoms.